The molecule has 1 unspecified atom stereocenters. The van der Waals surface area contributed by atoms with Crippen LogP contribution in [0.3, 0.4) is 0 Å². The van der Waals surface area contributed by atoms with E-state index >= 15 is 0 Å². The molecule has 2 saturated heterocycles. The lowest BCUT2D eigenvalue weighted by Crippen LogP contribution is -2.57. The summed E-state index contributed by atoms with van der Waals surface area (Å²) in [6.07, 6.45) is 5.89. The van der Waals surface area contributed by atoms with Gasteiger partial charge in [0, 0.05) is 12.6 Å². The van der Waals surface area contributed by atoms with Gasteiger partial charge in [0.15, 0.2) is 0 Å². The zero-order chi connectivity index (χ0) is 15.5. The Balaban J connectivity index is 1.99. The first kappa shape index (κ1) is 16.8. The number of aliphatic carboxylic acids is 1. The fraction of sp³-hybridized carbons (Fsp3) is 0.941. The standard InChI is InChI=1S/C17H32N2O2/c1-4-8-17(16(20)21)9-5-10-19(17)15-6-11-18(12-7-15)13-14(2)3/h14-15H,4-13H2,1-3H3,(H,20,21). The van der Waals surface area contributed by atoms with Crippen molar-refractivity contribution in [3.63, 3.8) is 0 Å². The van der Waals surface area contributed by atoms with Gasteiger partial charge in [-0.3, -0.25) is 9.69 Å². The van der Waals surface area contributed by atoms with Gasteiger partial charge >= 0.3 is 5.97 Å². The summed E-state index contributed by atoms with van der Waals surface area (Å²) in [6, 6.07) is 0.471. The molecule has 4 nitrogen and oxygen atoms in total. The molecule has 0 spiro atoms. The second-order valence-electron chi connectivity index (χ2n) is 7.31. The average Bonchev–Trinajstić information content (AvgIpc) is 2.84. The highest BCUT2D eigenvalue weighted by Gasteiger charge is 2.49. The second kappa shape index (κ2) is 7.10. The van der Waals surface area contributed by atoms with E-state index in [9.17, 15) is 9.90 Å². The van der Waals surface area contributed by atoms with E-state index in [4.69, 9.17) is 0 Å². The smallest absolute Gasteiger partial charge is 0.324 e. The first-order chi connectivity index (χ1) is 9.99. The highest BCUT2D eigenvalue weighted by molar-refractivity contribution is 5.79. The van der Waals surface area contributed by atoms with Crippen molar-refractivity contribution in [3.05, 3.63) is 0 Å². The fourth-order valence-electron chi connectivity index (χ4n) is 4.38. The van der Waals surface area contributed by atoms with Crippen molar-refractivity contribution in [2.45, 2.75) is 70.9 Å². The zero-order valence-corrected chi connectivity index (χ0v) is 14.0. The molecular weight excluding hydrogens is 264 g/mol. The summed E-state index contributed by atoms with van der Waals surface area (Å²) in [6.45, 7) is 11.0. The molecule has 0 radical (unpaired) electrons. The van der Waals surface area contributed by atoms with Crippen LogP contribution in [-0.4, -0.2) is 58.6 Å². The Bertz CT molecular complexity index is 351. The Hall–Kier alpha value is -0.610. The normalized spacial score (nSPS) is 29.3. The lowest BCUT2D eigenvalue weighted by Gasteiger charge is -2.44. The van der Waals surface area contributed by atoms with Crippen molar-refractivity contribution < 1.29 is 9.90 Å². The summed E-state index contributed by atoms with van der Waals surface area (Å²) in [5.74, 6) is 0.123. The molecule has 1 atom stereocenters. The van der Waals surface area contributed by atoms with E-state index in [1.165, 1.54) is 6.54 Å². The van der Waals surface area contributed by atoms with Crippen LogP contribution < -0.4 is 0 Å². The predicted octanol–water partition coefficient (Wildman–Crippen LogP) is 2.83. The van der Waals surface area contributed by atoms with Crippen molar-refractivity contribution in [2.24, 2.45) is 5.92 Å². The van der Waals surface area contributed by atoms with E-state index in [2.05, 4.69) is 30.6 Å². The Kier molecular flexibility index (Phi) is 5.67. The molecule has 1 N–H and O–H groups in total. The minimum absolute atomic E-state index is 0.471. The highest BCUT2D eigenvalue weighted by Crippen LogP contribution is 2.38. The number of hydrogen-bond donors (Lipinski definition) is 1. The molecule has 0 aromatic heterocycles. The third-order valence-corrected chi connectivity index (χ3v) is 5.22. The number of carboxylic acids is 1. The molecule has 21 heavy (non-hydrogen) atoms. The summed E-state index contributed by atoms with van der Waals surface area (Å²) in [5.41, 5.74) is -0.570. The minimum Gasteiger partial charge on any atom is -0.480 e. The van der Waals surface area contributed by atoms with E-state index < -0.39 is 11.5 Å². The first-order valence-electron chi connectivity index (χ1n) is 8.72. The van der Waals surface area contributed by atoms with Crippen LogP contribution in [0.4, 0.5) is 0 Å². The van der Waals surface area contributed by atoms with E-state index in [1.54, 1.807) is 0 Å². The lowest BCUT2D eigenvalue weighted by molar-refractivity contribution is -0.152. The lowest BCUT2D eigenvalue weighted by atomic mass is 9.88. The SMILES string of the molecule is CCCC1(C(=O)O)CCCN1C1CCN(CC(C)C)CC1. The quantitative estimate of drug-likeness (QED) is 0.818. The topological polar surface area (TPSA) is 43.8 Å². The Morgan fingerprint density at radius 3 is 2.48 bits per heavy atom. The Morgan fingerprint density at radius 1 is 1.29 bits per heavy atom. The number of nitrogens with zero attached hydrogens (tertiary/aromatic N) is 2. The van der Waals surface area contributed by atoms with Gasteiger partial charge in [0.05, 0.1) is 0 Å². The van der Waals surface area contributed by atoms with Gasteiger partial charge < -0.3 is 10.0 Å². The molecule has 2 rings (SSSR count). The predicted molar refractivity (Wildman–Crippen MR) is 85.5 cm³/mol. The van der Waals surface area contributed by atoms with Crippen LogP contribution in [0, 0.1) is 5.92 Å². The molecule has 2 aliphatic heterocycles. The minimum atomic E-state index is -0.591. The van der Waals surface area contributed by atoms with Gasteiger partial charge in [-0.05, 0) is 57.7 Å². The van der Waals surface area contributed by atoms with Crippen LogP contribution in [-0.2, 0) is 4.79 Å². The maximum absolute atomic E-state index is 11.9. The molecule has 0 aliphatic carbocycles. The third-order valence-electron chi connectivity index (χ3n) is 5.22. The molecule has 0 saturated carbocycles. The molecular formula is C17H32N2O2. The van der Waals surface area contributed by atoms with Gasteiger partial charge in [-0.2, -0.15) is 0 Å². The molecule has 0 amide bonds. The Morgan fingerprint density at radius 2 is 1.95 bits per heavy atom. The summed E-state index contributed by atoms with van der Waals surface area (Å²) < 4.78 is 0. The van der Waals surface area contributed by atoms with Gasteiger partial charge in [-0.1, -0.05) is 27.2 Å². The van der Waals surface area contributed by atoms with Crippen LogP contribution in [0.25, 0.3) is 0 Å². The molecule has 0 aromatic carbocycles. The van der Waals surface area contributed by atoms with Crippen LogP contribution in [0.2, 0.25) is 0 Å². The molecule has 0 aromatic rings. The van der Waals surface area contributed by atoms with Crippen molar-refractivity contribution in [3.8, 4) is 0 Å². The van der Waals surface area contributed by atoms with Gasteiger partial charge in [-0.25, -0.2) is 0 Å². The maximum Gasteiger partial charge on any atom is 0.324 e. The average molecular weight is 296 g/mol. The summed E-state index contributed by atoms with van der Waals surface area (Å²) >= 11 is 0. The number of likely N-dealkylation sites (tertiary alicyclic amines) is 2. The Labute approximate surface area is 129 Å². The monoisotopic (exact) mass is 296 g/mol. The summed E-state index contributed by atoms with van der Waals surface area (Å²) in [4.78, 5) is 16.8. The van der Waals surface area contributed by atoms with Gasteiger partial charge in [-0.15, -0.1) is 0 Å². The van der Waals surface area contributed by atoms with E-state index in [0.29, 0.717) is 12.0 Å². The van der Waals surface area contributed by atoms with Crippen molar-refractivity contribution in [2.75, 3.05) is 26.2 Å². The van der Waals surface area contributed by atoms with Gasteiger partial charge in [0.25, 0.3) is 0 Å². The number of hydrogen-bond acceptors (Lipinski definition) is 3. The van der Waals surface area contributed by atoms with E-state index in [-0.39, 0.29) is 0 Å². The first-order valence-corrected chi connectivity index (χ1v) is 8.72. The number of carbonyl (C=O) groups is 1. The summed E-state index contributed by atoms with van der Waals surface area (Å²) in [5, 5.41) is 9.81. The van der Waals surface area contributed by atoms with Crippen molar-refractivity contribution in [1.82, 2.24) is 9.80 Å². The van der Waals surface area contributed by atoms with Crippen LogP contribution in [0.15, 0.2) is 0 Å². The van der Waals surface area contributed by atoms with Crippen LogP contribution in [0.1, 0.15) is 59.3 Å². The van der Waals surface area contributed by atoms with Gasteiger partial charge in [0.2, 0.25) is 0 Å². The fourth-order valence-corrected chi connectivity index (χ4v) is 4.38. The third kappa shape index (κ3) is 3.59. The molecule has 2 heterocycles. The molecule has 2 aliphatic rings. The number of carboxylic acid groups (broad SMARTS) is 1. The number of rotatable bonds is 6. The number of piperidine rings is 1. The zero-order valence-electron chi connectivity index (χ0n) is 14.0. The summed E-state index contributed by atoms with van der Waals surface area (Å²) in [7, 11) is 0. The van der Waals surface area contributed by atoms with Crippen molar-refractivity contribution in [1.29, 1.82) is 0 Å². The maximum atomic E-state index is 11.9. The second-order valence-corrected chi connectivity index (χ2v) is 7.31. The van der Waals surface area contributed by atoms with Gasteiger partial charge in [0.1, 0.15) is 5.54 Å². The van der Waals surface area contributed by atoms with Crippen LogP contribution in [0.5, 0.6) is 0 Å². The molecule has 4 heteroatoms. The molecule has 0 bridgehead atoms. The van der Waals surface area contributed by atoms with Crippen molar-refractivity contribution >= 4 is 5.97 Å². The van der Waals surface area contributed by atoms with E-state index in [1.807, 2.05) is 0 Å². The van der Waals surface area contributed by atoms with E-state index in [0.717, 1.165) is 58.2 Å². The highest BCUT2D eigenvalue weighted by atomic mass is 16.4. The molecule has 122 valence electrons. The molecule has 2 fully saturated rings. The largest absolute Gasteiger partial charge is 0.480 e. The van der Waals surface area contributed by atoms with Crippen LogP contribution >= 0.6 is 0 Å².